The third-order valence-electron chi connectivity index (χ3n) is 2.28. The van der Waals surface area contributed by atoms with Crippen molar-refractivity contribution >= 4 is 37.3 Å². The second-order valence-corrected chi connectivity index (χ2v) is 8.18. The summed E-state index contributed by atoms with van der Waals surface area (Å²) >= 11 is 4.78. The predicted octanol–water partition coefficient (Wildman–Crippen LogP) is 2.26. The van der Waals surface area contributed by atoms with Crippen molar-refractivity contribution in [1.29, 1.82) is 0 Å². The zero-order chi connectivity index (χ0) is 13.1. The van der Waals surface area contributed by atoms with Crippen LogP contribution in [0.3, 0.4) is 0 Å². The minimum atomic E-state index is -3.36. The lowest BCUT2D eigenvalue weighted by Crippen LogP contribution is -2.27. The van der Waals surface area contributed by atoms with Gasteiger partial charge in [-0.3, -0.25) is 0 Å². The molecule has 1 aromatic heterocycles. The molecule has 0 fully saturated rings. The fraction of sp³-hybridized carbons (Fsp3) is 0.600. The van der Waals surface area contributed by atoms with Gasteiger partial charge in [-0.05, 0) is 35.5 Å². The van der Waals surface area contributed by atoms with E-state index in [1.807, 2.05) is 14.0 Å². The van der Waals surface area contributed by atoms with E-state index in [2.05, 4.69) is 21.2 Å². The maximum atomic E-state index is 12.2. The standard InChI is InChI=1S/C10H17BrN2O2S2/c1-4-5-13(3)17(14,15)9-6-8(7-12-2)16-10(9)11/h6,12H,4-5,7H2,1-3H3. The number of halogens is 1. The monoisotopic (exact) mass is 340 g/mol. The molecular weight excluding hydrogens is 324 g/mol. The smallest absolute Gasteiger partial charge is 0.244 e. The molecule has 17 heavy (non-hydrogen) atoms. The van der Waals surface area contributed by atoms with Gasteiger partial charge in [-0.25, -0.2) is 12.7 Å². The van der Waals surface area contributed by atoms with Gasteiger partial charge < -0.3 is 5.32 Å². The van der Waals surface area contributed by atoms with Crippen LogP contribution in [0.4, 0.5) is 0 Å². The normalized spacial score (nSPS) is 12.3. The van der Waals surface area contributed by atoms with Crippen LogP contribution in [0.2, 0.25) is 0 Å². The second-order valence-electron chi connectivity index (χ2n) is 3.71. The van der Waals surface area contributed by atoms with Gasteiger partial charge >= 0.3 is 0 Å². The molecule has 4 nitrogen and oxygen atoms in total. The van der Waals surface area contributed by atoms with E-state index in [9.17, 15) is 8.42 Å². The Bertz CT molecular complexity index is 471. The van der Waals surface area contributed by atoms with Gasteiger partial charge in [0.05, 0.1) is 3.79 Å². The molecule has 0 aliphatic rings. The fourth-order valence-electron chi connectivity index (χ4n) is 1.44. The Morgan fingerprint density at radius 1 is 1.53 bits per heavy atom. The van der Waals surface area contributed by atoms with E-state index in [-0.39, 0.29) is 0 Å². The largest absolute Gasteiger partial charge is 0.315 e. The average molecular weight is 341 g/mol. The van der Waals surface area contributed by atoms with E-state index in [1.54, 1.807) is 13.1 Å². The van der Waals surface area contributed by atoms with Crippen LogP contribution in [0.25, 0.3) is 0 Å². The molecule has 0 amide bonds. The van der Waals surface area contributed by atoms with Crippen LogP contribution in [0, 0.1) is 0 Å². The van der Waals surface area contributed by atoms with Crippen LogP contribution in [0.5, 0.6) is 0 Å². The molecule has 0 saturated carbocycles. The summed E-state index contributed by atoms with van der Waals surface area (Å²) in [5.41, 5.74) is 0. The molecular formula is C10H17BrN2O2S2. The minimum Gasteiger partial charge on any atom is -0.315 e. The molecule has 1 aromatic rings. The molecule has 98 valence electrons. The van der Waals surface area contributed by atoms with E-state index in [4.69, 9.17) is 0 Å². The molecule has 0 spiro atoms. The summed E-state index contributed by atoms with van der Waals surface area (Å²) in [5.74, 6) is 0. The lowest BCUT2D eigenvalue weighted by molar-refractivity contribution is 0.468. The first-order valence-electron chi connectivity index (χ1n) is 5.32. The van der Waals surface area contributed by atoms with Crippen molar-refractivity contribution in [2.75, 3.05) is 20.6 Å². The quantitative estimate of drug-likeness (QED) is 0.864. The highest BCUT2D eigenvalue weighted by Gasteiger charge is 2.24. The lowest BCUT2D eigenvalue weighted by atomic mass is 10.5. The Morgan fingerprint density at radius 3 is 2.71 bits per heavy atom. The molecule has 1 N–H and O–H groups in total. The van der Waals surface area contributed by atoms with E-state index < -0.39 is 10.0 Å². The Balaban J connectivity index is 3.06. The highest BCUT2D eigenvalue weighted by molar-refractivity contribution is 9.11. The molecule has 0 bridgehead atoms. The summed E-state index contributed by atoms with van der Waals surface area (Å²) in [5, 5.41) is 3.01. The van der Waals surface area contributed by atoms with Crippen molar-refractivity contribution in [2.24, 2.45) is 0 Å². The van der Waals surface area contributed by atoms with Crippen molar-refractivity contribution in [1.82, 2.24) is 9.62 Å². The Labute approximate surface area is 115 Å². The van der Waals surface area contributed by atoms with Gasteiger partial charge in [-0.15, -0.1) is 11.3 Å². The first-order valence-corrected chi connectivity index (χ1v) is 8.37. The predicted molar refractivity (Wildman–Crippen MR) is 74.9 cm³/mol. The molecule has 0 aliphatic heterocycles. The number of rotatable bonds is 6. The molecule has 0 atom stereocenters. The number of sulfonamides is 1. The van der Waals surface area contributed by atoms with Crippen LogP contribution in [0.1, 0.15) is 18.2 Å². The van der Waals surface area contributed by atoms with Gasteiger partial charge in [0, 0.05) is 25.0 Å². The molecule has 0 saturated heterocycles. The van der Waals surface area contributed by atoms with Gasteiger partial charge in [-0.1, -0.05) is 6.92 Å². The molecule has 0 aromatic carbocycles. The summed E-state index contributed by atoms with van der Waals surface area (Å²) in [6.07, 6.45) is 0.806. The first-order chi connectivity index (χ1) is 7.93. The van der Waals surface area contributed by atoms with Crippen molar-refractivity contribution in [2.45, 2.75) is 24.8 Å². The Kier molecular flexibility index (Phi) is 5.59. The molecule has 7 heteroatoms. The number of hydrogen-bond acceptors (Lipinski definition) is 4. The Morgan fingerprint density at radius 2 is 2.18 bits per heavy atom. The summed E-state index contributed by atoms with van der Waals surface area (Å²) in [6, 6.07) is 1.73. The van der Waals surface area contributed by atoms with E-state index in [0.717, 1.165) is 11.3 Å². The summed E-state index contributed by atoms with van der Waals surface area (Å²) in [4.78, 5) is 1.37. The maximum absolute atomic E-state index is 12.2. The summed E-state index contributed by atoms with van der Waals surface area (Å²) in [7, 11) is 0.0899. The van der Waals surface area contributed by atoms with Gasteiger partial charge in [0.15, 0.2) is 0 Å². The SMILES string of the molecule is CCCN(C)S(=O)(=O)c1cc(CNC)sc1Br. The van der Waals surface area contributed by atoms with E-state index >= 15 is 0 Å². The highest BCUT2D eigenvalue weighted by atomic mass is 79.9. The van der Waals surface area contributed by atoms with Crippen LogP contribution >= 0.6 is 27.3 Å². The first kappa shape index (κ1) is 15.1. The van der Waals surface area contributed by atoms with E-state index in [1.165, 1.54) is 15.6 Å². The number of thiophene rings is 1. The van der Waals surface area contributed by atoms with Gasteiger partial charge in [0.2, 0.25) is 10.0 Å². The highest BCUT2D eigenvalue weighted by Crippen LogP contribution is 2.33. The summed E-state index contributed by atoms with van der Waals surface area (Å²) < 4.78 is 26.5. The third kappa shape index (κ3) is 3.51. The summed E-state index contributed by atoms with van der Waals surface area (Å²) in [6.45, 7) is 3.17. The minimum absolute atomic E-state index is 0.365. The molecule has 1 heterocycles. The van der Waals surface area contributed by atoms with Crippen LogP contribution in [0.15, 0.2) is 14.7 Å². The molecule has 0 radical (unpaired) electrons. The van der Waals surface area contributed by atoms with Gasteiger partial charge in [0.25, 0.3) is 0 Å². The van der Waals surface area contributed by atoms with Crippen molar-refractivity contribution in [3.8, 4) is 0 Å². The maximum Gasteiger partial charge on any atom is 0.244 e. The number of nitrogens with zero attached hydrogens (tertiary/aromatic N) is 1. The average Bonchev–Trinajstić information content (AvgIpc) is 2.61. The van der Waals surface area contributed by atoms with Crippen molar-refractivity contribution in [3.63, 3.8) is 0 Å². The van der Waals surface area contributed by atoms with Crippen LogP contribution in [-0.2, 0) is 16.6 Å². The lowest BCUT2D eigenvalue weighted by Gasteiger charge is -2.15. The zero-order valence-corrected chi connectivity index (χ0v) is 13.4. The second kappa shape index (κ2) is 6.29. The van der Waals surface area contributed by atoms with Gasteiger partial charge in [-0.2, -0.15) is 0 Å². The van der Waals surface area contributed by atoms with Crippen molar-refractivity contribution in [3.05, 3.63) is 14.7 Å². The molecule has 0 aliphatic carbocycles. The number of hydrogen-bond donors (Lipinski definition) is 1. The number of nitrogens with one attached hydrogen (secondary N) is 1. The van der Waals surface area contributed by atoms with E-state index in [0.29, 0.717) is 21.8 Å². The van der Waals surface area contributed by atoms with Crippen molar-refractivity contribution < 1.29 is 8.42 Å². The molecule has 0 unspecified atom stereocenters. The third-order valence-corrected chi connectivity index (χ3v) is 6.39. The molecule has 1 rings (SSSR count). The van der Waals surface area contributed by atoms with Crippen LogP contribution in [-0.4, -0.2) is 33.4 Å². The van der Waals surface area contributed by atoms with Crippen LogP contribution < -0.4 is 5.32 Å². The Hall–Kier alpha value is 0.0500. The fourth-order valence-corrected chi connectivity index (χ4v) is 5.34. The zero-order valence-electron chi connectivity index (χ0n) is 10.2. The van der Waals surface area contributed by atoms with Gasteiger partial charge in [0.1, 0.15) is 4.90 Å². The topological polar surface area (TPSA) is 49.4 Å².